The molecule has 0 saturated carbocycles. The molecule has 0 spiro atoms. The zero-order valence-corrected chi connectivity index (χ0v) is 11.2. The smallest absolute Gasteiger partial charge is 0.123 e. The molecule has 0 unspecified atom stereocenters. The Balaban J connectivity index is 1.71. The molecule has 18 heavy (non-hydrogen) atoms. The van der Waals surface area contributed by atoms with Crippen LogP contribution in [0.1, 0.15) is 4.88 Å². The maximum absolute atomic E-state index is 12.8. The largest absolute Gasteiger partial charge is 0.373 e. The van der Waals surface area contributed by atoms with E-state index in [1.807, 2.05) is 7.05 Å². The third-order valence-corrected chi connectivity index (χ3v) is 3.65. The highest BCUT2D eigenvalue weighted by Crippen LogP contribution is 2.12. The highest BCUT2D eigenvalue weighted by Gasteiger charge is 2.00. The number of likely N-dealkylation sites (N-methyl/N-ethyl adjacent to an activating group) is 1. The molecule has 0 aliphatic rings. The van der Waals surface area contributed by atoms with Crippen molar-refractivity contribution in [1.82, 2.24) is 5.32 Å². The molecule has 0 amide bonds. The van der Waals surface area contributed by atoms with Crippen LogP contribution in [0.4, 0.5) is 10.1 Å². The molecule has 2 nitrogen and oxygen atoms in total. The zero-order chi connectivity index (χ0) is 12.8. The second-order valence-corrected chi connectivity index (χ2v) is 5.19. The first-order chi connectivity index (χ1) is 8.75. The van der Waals surface area contributed by atoms with E-state index in [0.717, 1.165) is 25.3 Å². The molecule has 4 heteroatoms. The summed E-state index contributed by atoms with van der Waals surface area (Å²) in [5.74, 6) is -0.192. The molecule has 0 bridgehead atoms. The van der Waals surface area contributed by atoms with E-state index in [2.05, 4.69) is 27.7 Å². The molecule has 2 rings (SSSR count). The van der Waals surface area contributed by atoms with Crippen molar-refractivity contribution in [2.45, 2.75) is 6.54 Å². The normalized spacial score (nSPS) is 10.6. The molecule has 2 aromatic rings. The first-order valence-corrected chi connectivity index (χ1v) is 6.83. The van der Waals surface area contributed by atoms with Crippen molar-refractivity contribution in [3.8, 4) is 0 Å². The topological polar surface area (TPSA) is 15.3 Å². The Bertz CT molecular complexity index is 453. The highest BCUT2D eigenvalue weighted by molar-refractivity contribution is 7.09. The minimum Gasteiger partial charge on any atom is -0.373 e. The van der Waals surface area contributed by atoms with E-state index in [9.17, 15) is 4.39 Å². The molecule has 96 valence electrons. The molecule has 0 fully saturated rings. The van der Waals surface area contributed by atoms with Crippen LogP contribution in [0.15, 0.2) is 41.8 Å². The number of hydrogen-bond donors (Lipinski definition) is 1. The summed E-state index contributed by atoms with van der Waals surface area (Å²) in [6.07, 6.45) is 0. The quantitative estimate of drug-likeness (QED) is 0.806. The second kappa shape index (κ2) is 6.52. The molecule has 1 N–H and O–H groups in total. The van der Waals surface area contributed by atoms with Gasteiger partial charge in [0, 0.05) is 37.2 Å². The lowest BCUT2D eigenvalue weighted by atomic mass is 10.3. The molecular weight excluding hydrogens is 247 g/mol. The fourth-order valence-electron chi connectivity index (χ4n) is 1.70. The summed E-state index contributed by atoms with van der Waals surface area (Å²) in [6.45, 7) is 2.72. The fraction of sp³-hybridized carbons (Fsp3) is 0.286. The van der Waals surface area contributed by atoms with Gasteiger partial charge in [-0.1, -0.05) is 6.07 Å². The van der Waals surface area contributed by atoms with Gasteiger partial charge >= 0.3 is 0 Å². The molecule has 1 aromatic heterocycles. The van der Waals surface area contributed by atoms with Crippen LogP contribution in [0.25, 0.3) is 0 Å². The second-order valence-electron chi connectivity index (χ2n) is 4.15. The summed E-state index contributed by atoms with van der Waals surface area (Å²) < 4.78 is 12.8. The predicted molar refractivity (Wildman–Crippen MR) is 75.7 cm³/mol. The van der Waals surface area contributed by atoms with Crippen molar-refractivity contribution in [2.75, 3.05) is 25.0 Å². The first-order valence-electron chi connectivity index (χ1n) is 5.95. The fourth-order valence-corrected chi connectivity index (χ4v) is 2.37. The number of nitrogens with zero attached hydrogens (tertiary/aromatic N) is 1. The highest BCUT2D eigenvalue weighted by atomic mass is 32.1. The third-order valence-electron chi connectivity index (χ3n) is 2.77. The summed E-state index contributed by atoms with van der Waals surface area (Å²) in [7, 11) is 2.01. The maximum Gasteiger partial charge on any atom is 0.123 e. The van der Waals surface area contributed by atoms with E-state index in [4.69, 9.17) is 0 Å². The van der Waals surface area contributed by atoms with Gasteiger partial charge in [0.25, 0.3) is 0 Å². The first kappa shape index (κ1) is 13.1. The van der Waals surface area contributed by atoms with E-state index in [1.165, 1.54) is 17.0 Å². The molecule has 0 atom stereocenters. The van der Waals surface area contributed by atoms with Crippen LogP contribution < -0.4 is 10.2 Å². The summed E-state index contributed by atoms with van der Waals surface area (Å²) >= 11 is 1.76. The number of hydrogen-bond acceptors (Lipinski definition) is 3. The summed E-state index contributed by atoms with van der Waals surface area (Å²) in [5, 5.41) is 5.48. The van der Waals surface area contributed by atoms with Gasteiger partial charge in [-0.15, -0.1) is 11.3 Å². The number of halogens is 1. The Morgan fingerprint density at radius 2 is 2.00 bits per heavy atom. The molecule has 0 saturated heterocycles. The lowest BCUT2D eigenvalue weighted by Gasteiger charge is -2.19. The Kier molecular flexibility index (Phi) is 4.73. The predicted octanol–water partition coefficient (Wildman–Crippen LogP) is 3.11. The lowest BCUT2D eigenvalue weighted by Crippen LogP contribution is -2.28. The lowest BCUT2D eigenvalue weighted by molar-refractivity contribution is 0.627. The van der Waals surface area contributed by atoms with Gasteiger partial charge in [-0.05, 0) is 35.7 Å². The third kappa shape index (κ3) is 3.82. The average Bonchev–Trinajstić information content (AvgIpc) is 2.88. The SMILES string of the molecule is CN(CCNCc1cccs1)c1ccc(F)cc1. The van der Waals surface area contributed by atoms with Gasteiger partial charge in [-0.2, -0.15) is 0 Å². The van der Waals surface area contributed by atoms with E-state index < -0.39 is 0 Å². The van der Waals surface area contributed by atoms with Crippen molar-refractivity contribution in [2.24, 2.45) is 0 Å². The molecule has 0 aliphatic heterocycles. The number of nitrogens with one attached hydrogen (secondary N) is 1. The maximum atomic E-state index is 12.8. The van der Waals surface area contributed by atoms with Gasteiger partial charge < -0.3 is 10.2 Å². The Morgan fingerprint density at radius 3 is 2.67 bits per heavy atom. The van der Waals surface area contributed by atoms with Gasteiger partial charge in [0.2, 0.25) is 0 Å². The Labute approximate surface area is 111 Å². The summed E-state index contributed by atoms with van der Waals surface area (Å²) in [4.78, 5) is 3.46. The molecular formula is C14H17FN2S. The van der Waals surface area contributed by atoms with Crippen molar-refractivity contribution < 1.29 is 4.39 Å². The van der Waals surface area contributed by atoms with Crippen LogP contribution in [0, 0.1) is 5.82 Å². The Hall–Kier alpha value is -1.39. The summed E-state index contributed by atoms with van der Waals surface area (Å²) in [6, 6.07) is 10.8. The standard InChI is InChI=1S/C14H17FN2S/c1-17(13-6-4-12(15)5-7-13)9-8-16-11-14-3-2-10-18-14/h2-7,10,16H,8-9,11H2,1H3. The van der Waals surface area contributed by atoms with Crippen LogP contribution >= 0.6 is 11.3 Å². The number of rotatable bonds is 6. The van der Waals surface area contributed by atoms with Gasteiger partial charge in [-0.3, -0.25) is 0 Å². The monoisotopic (exact) mass is 264 g/mol. The number of benzene rings is 1. The number of thiophene rings is 1. The Morgan fingerprint density at radius 1 is 1.22 bits per heavy atom. The zero-order valence-electron chi connectivity index (χ0n) is 10.4. The van der Waals surface area contributed by atoms with Gasteiger partial charge in [0.15, 0.2) is 0 Å². The van der Waals surface area contributed by atoms with Crippen molar-refractivity contribution in [1.29, 1.82) is 0 Å². The van der Waals surface area contributed by atoms with Crippen molar-refractivity contribution in [3.63, 3.8) is 0 Å². The van der Waals surface area contributed by atoms with E-state index in [0.29, 0.717) is 0 Å². The molecule has 0 radical (unpaired) electrons. The van der Waals surface area contributed by atoms with Crippen LogP contribution in [0.5, 0.6) is 0 Å². The van der Waals surface area contributed by atoms with Crippen molar-refractivity contribution >= 4 is 17.0 Å². The van der Waals surface area contributed by atoms with Crippen molar-refractivity contribution in [3.05, 3.63) is 52.5 Å². The molecule has 0 aliphatic carbocycles. The van der Waals surface area contributed by atoms with Gasteiger partial charge in [-0.25, -0.2) is 4.39 Å². The van der Waals surface area contributed by atoms with Crippen LogP contribution in [-0.4, -0.2) is 20.1 Å². The average molecular weight is 264 g/mol. The molecule has 1 aromatic carbocycles. The van der Waals surface area contributed by atoms with Gasteiger partial charge in [0.1, 0.15) is 5.82 Å². The van der Waals surface area contributed by atoms with E-state index in [-0.39, 0.29) is 5.82 Å². The van der Waals surface area contributed by atoms with Crippen LogP contribution in [0.2, 0.25) is 0 Å². The summed E-state index contributed by atoms with van der Waals surface area (Å²) in [5.41, 5.74) is 1.04. The molecule has 1 heterocycles. The van der Waals surface area contributed by atoms with Crippen LogP contribution in [-0.2, 0) is 6.54 Å². The van der Waals surface area contributed by atoms with E-state index in [1.54, 1.807) is 23.5 Å². The minimum absolute atomic E-state index is 0.192. The van der Waals surface area contributed by atoms with E-state index >= 15 is 0 Å². The number of anilines is 1. The minimum atomic E-state index is -0.192. The van der Waals surface area contributed by atoms with Gasteiger partial charge in [0.05, 0.1) is 0 Å². The van der Waals surface area contributed by atoms with Crippen LogP contribution in [0.3, 0.4) is 0 Å².